The Hall–Kier alpha value is -4.10. The van der Waals surface area contributed by atoms with Crippen LogP contribution in [0, 0.1) is 0 Å². The highest BCUT2D eigenvalue weighted by Crippen LogP contribution is 2.49. The van der Waals surface area contributed by atoms with Crippen LogP contribution >= 0.6 is 0 Å². The standard InChI is InChI=1S/C39H46N2O8S2/c1-38(2)31-27-29(51(47,48)49)21-23-32(31)40(24-12-6-9-19-36(42)43)34(38)17-7-5-8-18-35-39(3,4)37-30-16-11-10-15-28(30)20-22-33(37)41(35)25-13-14-26-50(44,45)46/h5,7-8,10-11,15-18,20-23,27H,6,9,12-14,19,24-26H2,1-4H3,(H2-,42,43,44,45,46,47,48,49)/p+1. The van der Waals surface area contributed by atoms with Gasteiger partial charge in [-0.1, -0.05) is 62.8 Å². The molecule has 3 N–H and O–H groups in total. The smallest absolute Gasteiger partial charge is 0.303 e. The number of hydrogen-bond donors (Lipinski definition) is 3. The Bertz CT molecular complexity index is 2180. The topological polar surface area (TPSA) is 152 Å². The molecule has 12 heteroatoms. The fourth-order valence-corrected chi connectivity index (χ4v) is 8.54. The van der Waals surface area contributed by atoms with Gasteiger partial charge < -0.3 is 10.0 Å². The fraction of sp³-hybridized carbons (Fsp3) is 0.385. The lowest BCUT2D eigenvalue weighted by atomic mass is 9.79. The fourth-order valence-electron chi connectivity index (χ4n) is 7.47. The number of carbonyl (C=O) groups is 1. The van der Waals surface area contributed by atoms with Crippen molar-refractivity contribution in [3.63, 3.8) is 0 Å². The first kappa shape index (κ1) is 38.1. The van der Waals surface area contributed by atoms with E-state index in [-0.39, 0.29) is 22.5 Å². The minimum Gasteiger partial charge on any atom is -0.481 e. The van der Waals surface area contributed by atoms with Crippen LogP contribution in [0.5, 0.6) is 0 Å². The van der Waals surface area contributed by atoms with Crippen LogP contribution < -0.4 is 4.90 Å². The zero-order valence-electron chi connectivity index (χ0n) is 29.5. The molecule has 5 rings (SSSR count). The van der Waals surface area contributed by atoms with E-state index in [1.165, 1.54) is 17.7 Å². The minimum atomic E-state index is -4.40. The Labute approximate surface area is 301 Å². The van der Waals surface area contributed by atoms with E-state index in [0.29, 0.717) is 32.4 Å². The van der Waals surface area contributed by atoms with Crippen LogP contribution in [0.4, 0.5) is 11.4 Å². The highest BCUT2D eigenvalue weighted by atomic mass is 32.2. The van der Waals surface area contributed by atoms with Gasteiger partial charge in [-0.25, -0.2) is 0 Å². The second-order valence-electron chi connectivity index (χ2n) is 14.3. The van der Waals surface area contributed by atoms with Crippen molar-refractivity contribution in [2.75, 3.05) is 23.7 Å². The average Bonchev–Trinajstić information content (AvgIpc) is 3.39. The van der Waals surface area contributed by atoms with Gasteiger partial charge in [0, 0.05) is 53.9 Å². The normalized spacial score (nSPS) is 17.7. The Morgan fingerprint density at radius 2 is 1.59 bits per heavy atom. The van der Waals surface area contributed by atoms with E-state index in [1.54, 1.807) is 6.07 Å². The van der Waals surface area contributed by atoms with Gasteiger partial charge in [-0.05, 0) is 79.8 Å². The maximum Gasteiger partial charge on any atom is 0.303 e. The van der Waals surface area contributed by atoms with Crippen LogP contribution in [0.25, 0.3) is 10.8 Å². The molecule has 272 valence electrons. The van der Waals surface area contributed by atoms with E-state index in [0.717, 1.165) is 52.0 Å². The summed E-state index contributed by atoms with van der Waals surface area (Å²) in [6.07, 6.45) is 13.0. The number of allylic oxidation sites excluding steroid dienone is 6. The van der Waals surface area contributed by atoms with E-state index in [2.05, 4.69) is 53.7 Å². The van der Waals surface area contributed by atoms with E-state index in [4.69, 9.17) is 5.11 Å². The van der Waals surface area contributed by atoms with Crippen molar-refractivity contribution in [2.45, 2.75) is 81.9 Å². The van der Waals surface area contributed by atoms with Crippen LogP contribution in [0.3, 0.4) is 0 Å². The number of carboxylic acids is 1. The molecule has 2 heterocycles. The Morgan fingerprint density at radius 3 is 2.29 bits per heavy atom. The molecule has 0 unspecified atom stereocenters. The van der Waals surface area contributed by atoms with Gasteiger partial charge in [0.15, 0.2) is 5.71 Å². The van der Waals surface area contributed by atoms with Crippen molar-refractivity contribution in [3.8, 4) is 0 Å². The molecule has 3 aromatic rings. The van der Waals surface area contributed by atoms with Crippen LogP contribution in [-0.2, 0) is 35.9 Å². The van der Waals surface area contributed by atoms with Gasteiger partial charge >= 0.3 is 5.97 Å². The number of aliphatic carboxylic acids is 1. The van der Waals surface area contributed by atoms with Crippen LogP contribution in [0.1, 0.15) is 77.3 Å². The third kappa shape index (κ3) is 8.35. The van der Waals surface area contributed by atoms with E-state index in [1.807, 2.05) is 50.3 Å². The predicted molar refractivity (Wildman–Crippen MR) is 202 cm³/mol. The molecular weight excluding hydrogens is 689 g/mol. The lowest BCUT2D eigenvalue weighted by molar-refractivity contribution is -0.438. The third-order valence-corrected chi connectivity index (χ3v) is 11.6. The van der Waals surface area contributed by atoms with Crippen molar-refractivity contribution in [2.24, 2.45) is 0 Å². The molecule has 2 aliphatic rings. The summed E-state index contributed by atoms with van der Waals surface area (Å²) in [4.78, 5) is 13.0. The lowest BCUT2D eigenvalue weighted by Gasteiger charge is -2.27. The number of unbranched alkanes of at least 4 members (excludes halogenated alkanes) is 3. The largest absolute Gasteiger partial charge is 0.481 e. The second kappa shape index (κ2) is 14.9. The number of fused-ring (bicyclic) bond motifs is 4. The van der Waals surface area contributed by atoms with E-state index in [9.17, 15) is 30.7 Å². The first-order chi connectivity index (χ1) is 23.9. The highest BCUT2D eigenvalue weighted by molar-refractivity contribution is 7.86. The zero-order valence-corrected chi connectivity index (χ0v) is 31.2. The van der Waals surface area contributed by atoms with Gasteiger partial charge in [0.25, 0.3) is 20.2 Å². The van der Waals surface area contributed by atoms with Crippen molar-refractivity contribution in [1.29, 1.82) is 0 Å². The van der Waals surface area contributed by atoms with E-state index < -0.39 is 31.6 Å². The Kier molecular flexibility index (Phi) is 11.1. The molecule has 0 saturated carbocycles. The van der Waals surface area contributed by atoms with E-state index >= 15 is 0 Å². The molecule has 0 fully saturated rings. The average molecular weight is 736 g/mol. The number of rotatable bonds is 15. The molecule has 0 radical (unpaired) electrons. The van der Waals surface area contributed by atoms with Gasteiger partial charge in [-0.2, -0.15) is 21.4 Å². The first-order valence-electron chi connectivity index (χ1n) is 17.2. The van der Waals surface area contributed by atoms with Gasteiger partial charge in [0.2, 0.25) is 5.69 Å². The highest BCUT2D eigenvalue weighted by Gasteiger charge is 2.45. The summed E-state index contributed by atoms with van der Waals surface area (Å²) in [7, 11) is -8.44. The summed E-state index contributed by atoms with van der Waals surface area (Å²) in [6.45, 7) is 9.60. The monoisotopic (exact) mass is 735 g/mol. The van der Waals surface area contributed by atoms with Crippen LogP contribution in [0.15, 0.2) is 95.6 Å². The molecule has 2 aliphatic heterocycles. The molecule has 10 nitrogen and oxygen atoms in total. The molecule has 0 amide bonds. The number of hydrogen-bond acceptors (Lipinski definition) is 6. The predicted octanol–water partition coefficient (Wildman–Crippen LogP) is 7.57. The maximum absolute atomic E-state index is 12.0. The molecule has 0 bridgehead atoms. The molecule has 0 saturated heterocycles. The Morgan fingerprint density at radius 1 is 0.843 bits per heavy atom. The summed E-state index contributed by atoms with van der Waals surface area (Å²) in [5.41, 5.74) is 4.96. The summed E-state index contributed by atoms with van der Waals surface area (Å²) < 4.78 is 68.0. The van der Waals surface area contributed by atoms with Crippen LogP contribution in [0.2, 0.25) is 0 Å². The Balaban J connectivity index is 1.46. The quantitative estimate of drug-likeness (QED) is 0.0621. The third-order valence-electron chi connectivity index (χ3n) is 9.95. The molecule has 0 spiro atoms. The summed E-state index contributed by atoms with van der Waals surface area (Å²) in [5, 5.41) is 11.3. The number of nitrogens with zero attached hydrogens (tertiary/aromatic N) is 2. The minimum absolute atomic E-state index is 0.108. The van der Waals surface area contributed by atoms with Gasteiger partial charge in [-0.3, -0.25) is 13.9 Å². The SMILES string of the molecule is CC1(C)C(=CC=CC=CC2=[N+](CCCCS(=O)(=O)O)c3ccc4ccccc4c3C2(C)C)N(CCCCCC(=O)O)c2ccc(S(=O)(=O)O)cc21. The number of anilines is 1. The molecule has 51 heavy (non-hydrogen) atoms. The first-order valence-corrected chi connectivity index (χ1v) is 20.3. The van der Waals surface area contributed by atoms with Crippen LogP contribution in [-0.4, -0.2) is 66.1 Å². The van der Waals surface area contributed by atoms with Gasteiger partial charge in [0.05, 0.1) is 16.1 Å². The molecule has 0 aromatic heterocycles. The summed E-state index contributed by atoms with van der Waals surface area (Å²) in [5.74, 6) is -1.11. The molecule has 3 aromatic carbocycles. The maximum atomic E-state index is 12.0. The van der Waals surface area contributed by atoms with Crippen molar-refractivity contribution >= 4 is 54.1 Å². The number of benzene rings is 3. The molecular formula is C39H47N2O8S2+. The van der Waals surface area contributed by atoms with Crippen molar-refractivity contribution in [3.05, 3.63) is 102 Å². The van der Waals surface area contributed by atoms with Gasteiger partial charge in [0.1, 0.15) is 6.54 Å². The summed E-state index contributed by atoms with van der Waals surface area (Å²) in [6, 6.07) is 17.1. The molecule has 0 atom stereocenters. The number of carboxylic acid groups (broad SMARTS) is 1. The van der Waals surface area contributed by atoms with Gasteiger partial charge in [-0.15, -0.1) is 0 Å². The second-order valence-corrected chi connectivity index (χ2v) is 17.3. The summed E-state index contributed by atoms with van der Waals surface area (Å²) >= 11 is 0. The zero-order chi connectivity index (χ0) is 37.2. The molecule has 0 aliphatic carbocycles. The van der Waals surface area contributed by atoms with Crippen molar-refractivity contribution in [1.82, 2.24) is 0 Å². The lowest BCUT2D eigenvalue weighted by Crippen LogP contribution is -2.28. The van der Waals surface area contributed by atoms with Crippen molar-refractivity contribution < 1.29 is 40.4 Å².